The minimum atomic E-state index is -1.41. The Hall–Kier alpha value is -4.88. The molecule has 0 spiro atoms. The van der Waals surface area contributed by atoms with Crippen molar-refractivity contribution in [2.75, 3.05) is 31.2 Å². The van der Waals surface area contributed by atoms with E-state index in [4.69, 9.17) is 20.1 Å². The molecule has 0 saturated carbocycles. The fourth-order valence-corrected chi connectivity index (χ4v) is 5.95. The lowest BCUT2D eigenvalue weighted by atomic mass is 9.99. The lowest BCUT2D eigenvalue weighted by molar-refractivity contribution is -0.141. The summed E-state index contributed by atoms with van der Waals surface area (Å²) in [6.45, 7) is 6.11. The highest BCUT2D eigenvalue weighted by Crippen LogP contribution is 2.36. The molecule has 0 aliphatic heterocycles. The number of ether oxygens (including phenoxy) is 3. The van der Waals surface area contributed by atoms with E-state index in [1.165, 1.54) is 49.2 Å². The van der Waals surface area contributed by atoms with E-state index in [1.807, 2.05) is 13.8 Å². The number of nitrogens with zero attached hydrogens (tertiary/aromatic N) is 2. The van der Waals surface area contributed by atoms with Gasteiger partial charge in [-0.3, -0.25) is 24.9 Å². The molecule has 0 saturated heterocycles. The van der Waals surface area contributed by atoms with Crippen molar-refractivity contribution in [3.63, 3.8) is 0 Å². The molecule has 3 aromatic carbocycles. The number of hydrazine groups is 1. The van der Waals surface area contributed by atoms with Crippen molar-refractivity contribution in [2.24, 2.45) is 5.84 Å². The van der Waals surface area contributed by atoms with E-state index in [0.29, 0.717) is 29.3 Å². The predicted octanol–water partition coefficient (Wildman–Crippen LogP) is 6.29. The molecule has 1 aromatic heterocycles. The van der Waals surface area contributed by atoms with Crippen molar-refractivity contribution in [3.05, 3.63) is 90.0 Å². The standard InChI is InChI=1S/C34H38FN5O6S/c1-6-46-25-10-11-28(35)26(17-25)32(40(36)24-9-7-22-19-37-14-13-21(22)15-24)33(42)39-29(18-31(41)44-4)27-16-23(38-34(43)45-5)8-12-30(27)47-20(2)3/h7-17,19-20,29,32H,6,18,36H2,1-5H3,(H,38,43)(H,39,42)/t29-,32?/m1/s1. The number of halogens is 1. The molecular formula is C34H38FN5O6S. The van der Waals surface area contributed by atoms with Gasteiger partial charge in [0.2, 0.25) is 5.91 Å². The van der Waals surface area contributed by atoms with Gasteiger partial charge in [-0.25, -0.2) is 15.0 Å². The summed E-state index contributed by atoms with van der Waals surface area (Å²) < 4.78 is 31.0. The Morgan fingerprint density at radius 3 is 2.47 bits per heavy atom. The number of carbonyl (C=O) groups excluding carboxylic acids is 3. The Morgan fingerprint density at radius 2 is 1.77 bits per heavy atom. The van der Waals surface area contributed by atoms with Crippen molar-refractivity contribution in [1.82, 2.24) is 10.3 Å². The van der Waals surface area contributed by atoms with Crippen LogP contribution in [0.15, 0.2) is 78.0 Å². The molecule has 4 rings (SSSR count). The van der Waals surface area contributed by atoms with Crippen molar-refractivity contribution in [2.45, 2.75) is 49.4 Å². The number of anilines is 2. The number of pyridine rings is 1. The molecule has 1 unspecified atom stereocenters. The fraction of sp³-hybridized carbons (Fsp3) is 0.294. The Morgan fingerprint density at radius 1 is 0.979 bits per heavy atom. The summed E-state index contributed by atoms with van der Waals surface area (Å²) in [6.07, 6.45) is 2.37. The van der Waals surface area contributed by atoms with E-state index in [-0.39, 0.29) is 17.2 Å². The number of esters is 1. The highest BCUT2D eigenvalue weighted by molar-refractivity contribution is 8.00. The molecule has 2 atom stereocenters. The fourth-order valence-electron chi connectivity index (χ4n) is 4.95. The highest BCUT2D eigenvalue weighted by atomic mass is 32.2. The number of benzene rings is 3. The van der Waals surface area contributed by atoms with Crippen LogP contribution in [0.2, 0.25) is 0 Å². The van der Waals surface area contributed by atoms with Crippen LogP contribution >= 0.6 is 11.8 Å². The molecule has 0 bridgehead atoms. The van der Waals surface area contributed by atoms with Gasteiger partial charge in [-0.05, 0) is 72.5 Å². The van der Waals surface area contributed by atoms with E-state index >= 15 is 4.39 Å². The van der Waals surface area contributed by atoms with Gasteiger partial charge in [0.1, 0.15) is 11.6 Å². The third-order valence-electron chi connectivity index (χ3n) is 7.12. The molecule has 2 amide bonds. The van der Waals surface area contributed by atoms with Gasteiger partial charge in [0.15, 0.2) is 6.04 Å². The molecule has 0 aliphatic carbocycles. The van der Waals surface area contributed by atoms with Crippen LogP contribution in [0.1, 0.15) is 50.4 Å². The second-order valence-electron chi connectivity index (χ2n) is 10.7. The molecule has 4 N–H and O–H groups in total. The molecule has 4 aromatic rings. The number of thioether (sulfide) groups is 1. The summed E-state index contributed by atoms with van der Waals surface area (Å²) in [4.78, 5) is 44.1. The van der Waals surface area contributed by atoms with Gasteiger partial charge in [0, 0.05) is 39.2 Å². The number of carbonyl (C=O) groups is 3. The van der Waals surface area contributed by atoms with Gasteiger partial charge in [-0.15, -0.1) is 11.8 Å². The van der Waals surface area contributed by atoms with Crippen LogP contribution < -0.4 is 26.2 Å². The molecule has 1 heterocycles. The first kappa shape index (κ1) is 35.0. The third-order valence-corrected chi connectivity index (χ3v) is 8.21. The van der Waals surface area contributed by atoms with Gasteiger partial charge < -0.3 is 19.5 Å². The zero-order valence-corrected chi connectivity index (χ0v) is 27.6. The second kappa shape index (κ2) is 16.1. The molecule has 0 fully saturated rings. The minimum absolute atomic E-state index is 0.0412. The van der Waals surface area contributed by atoms with Crippen molar-refractivity contribution in [1.29, 1.82) is 0 Å². The normalized spacial score (nSPS) is 12.3. The predicted molar refractivity (Wildman–Crippen MR) is 180 cm³/mol. The number of amides is 2. The number of rotatable bonds is 13. The maximum atomic E-state index is 15.6. The number of nitrogens with one attached hydrogen (secondary N) is 2. The molecule has 248 valence electrons. The Kier molecular flexibility index (Phi) is 12.0. The summed E-state index contributed by atoms with van der Waals surface area (Å²) >= 11 is 1.50. The molecule has 13 heteroatoms. The number of methoxy groups -OCH3 is 2. The van der Waals surface area contributed by atoms with Gasteiger partial charge in [0.05, 0.1) is 39.0 Å². The Bertz CT molecular complexity index is 1740. The van der Waals surface area contributed by atoms with E-state index < -0.39 is 35.9 Å². The van der Waals surface area contributed by atoms with Crippen LogP contribution in [0.4, 0.5) is 20.6 Å². The topological polar surface area (TPSA) is 145 Å². The lowest BCUT2D eigenvalue weighted by Gasteiger charge is -2.31. The number of aromatic nitrogens is 1. The van der Waals surface area contributed by atoms with Gasteiger partial charge in [-0.2, -0.15) is 0 Å². The summed E-state index contributed by atoms with van der Waals surface area (Å²) in [5.41, 5.74) is 1.29. The number of fused-ring (bicyclic) bond motifs is 1. The van der Waals surface area contributed by atoms with Crippen LogP contribution in [-0.4, -0.2) is 49.0 Å². The van der Waals surface area contributed by atoms with Crippen molar-refractivity contribution >= 4 is 51.9 Å². The smallest absolute Gasteiger partial charge is 0.411 e. The lowest BCUT2D eigenvalue weighted by Crippen LogP contribution is -2.46. The van der Waals surface area contributed by atoms with Crippen molar-refractivity contribution in [3.8, 4) is 5.75 Å². The van der Waals surface area contributed by atoms with Crippen LogP contribution in [0.5, 0.6) is 5.75 Å². The first-order chi connectivity index (χ1) is 22.5. The average Bonchev–Trinajstić information content (AvgIpc) is 3.06. The number of nitrogens with two attached hydrogens (primary N) is 1. The second-order valence-corrected chi connectivity index (χ2v) is 12.3. The maximum absolute atomic E-state index is 15.6. The van der Waals surface area contributed by atoms with Crippen LogP contribution in [0, 0.1) is 5.82 Å². The average molecular weight is 664 g/mol. The van der Waals surface area contributed by atoms with Gasteiger partial charge in [-0.1, -0.05) is 19.9 Å². The first-order valence-corrected chi connectivity index (χ1v) is 15.7. The van der Waals surface area contributed by atoms with Gasteiger partial charge >= 0.3 is 12.1 Å². The largest absolute Gasteiger partial charge is 0.494 e. The minimum Gasteiger partial charge on any atom is -0.494 e. The molecule has 11 nitrogen and oxygen atoms in total. The first-order valence-electron chi connectivity index (χ1n) is 14.9. The quantitative estimate of drug-likeness (QED) is 0.0646. The summed E-state index contributed by atoms with van der Waals surface area (Å²) in [5.74, 6) is 5.05. The van der Waals surface area contributed by atoms with Crippen molar-refractivity contribution < 1.29 is 33.0 Å². The van der Waals surface area contributed by atoms with Crippen LogP contribution in [0.3, 0.4) is 0 Å². The summed E-state index contributed by atoms with van der Waals surface area (Å²) in [6, 6.07) is 13.9. The molecule has 0 radical (unpaired) electrons. The maximum Gasteiger partial charge on any atom is 0.411 e. The van der Waals surface area contributed by atoms with Crippen LogP contribution in [0.25, 0.3) is 10.8 Å². The van der Waals surface area contributed by atoms with E-state index in [2.05, 4.69) is 15.6 Å². The summed E-state index contributed by atoms with van der Waals surface area (Å²) in [5, 5.41) is 8.53. The van der Waals surface area contributed by atoms with Crippen LogP contribution in [-0.2, 0) is 19.1 Å². The molecule has 0 aliphatic rings. The zero-order chi connectivity index (χ0) is 34.1. The zero-order valence-electron chi connectivity index (χ0n) is 26.8. The van der Waals surface area contributed by atoms with E-state index in [0.717, 1.165) is 15.7 Å². The number of hydrogen-bond donors (Lipinski definition) is 3. The highest BCUT2D eigenvalue weighted by Gasteiger charge is 2.33. The van der Waals surface area contributed by atoms with Gasteiger partial charge in [0.25, 0.3) is 0 Å². The van der Waals surface area contributed by atoms with E-state index in [9.17, 15) is 14.4 Å². The molecular weight excluding hydrogens is 625 g/mol. The monoisotopic (exact) mass is 663 g/mol. The van der Waals surface area contributed by atoms with E-state index in [1.54, 1.807) is 61.8 Å². The summed E-state index contributed by atoms with van der Waals surface area (Å²) in [7, 11) is 2.48. The number of hydrogen-bond acceptors (Lipinski definition) is 10. The Balaban J connectivity index is 1.83. The third kappa shape index (κ3) is 8.89. The SMILES string of the molecule is CCOc1ccc(F)c(C(C(=O)N[C@H](CC(=O)OC)c2cc(NC(=O)OC)ccc2SC(C)C)N(N)c2ccc3cnccc3c2)c1. The molecule has 47 heavy (non-hydrogen) atoms. The Labute approximate surface area is 276 Å².